The fraction of sp³-hybridized carbons (Fsp3) is 0.378. The summed E-state index contributed by atoms with van der Waals surface area (Å²) in [5.74, 6) is -1.53. The summed E-state index contributed by atoms with van der Waals surface area (Å²) in [6.45, 7) is 5.77. The average molecular weight is 659 g/mol. The predicted molar refractivity (Wildman–Crippen MR) is 176 cm³/mol. The van der Waals surface area contributed by atoms with Gasteiger partial charge in [-0.05, 0) is 54.6 Å². The van der Waals surface area contributed by atoms with E-state index in [2.05, 4.69) is 4.90 Å². The van der Waals surface area contributed by atoms with Crippen molar-refractivity contribution in [2.24, 2.45) is 17.8 Å². The highest BCUT2D eigenvalue weighted by atomic mass is 35.5. The number of rotatable bonds is 13. The number of fused-ring (bicyclic) bond motifs is 1. The molecule has 3 aromatic rings. The SMILES string of the molecule is C[C@@H](O)[C@H]1C(=O)N2C(C(=O)O)=C(CN3CC[C@@H](CC(=O)c4ccc(OCc5ccccc5)c(OCc5ccccc5)c4Cl)C3)[C@H](C)[C@H]12. The van der Waals surface area contributed by atoms with Gasteiger partial charge < -0.3 is 24.6 Å². The smallest absolute Gasteiger partial charge is 0.352 e. The first-order valence-corrected chi connectivity index (χ1v) is 16.4. The van der Waals surface area contributed by atoms with E-state index in [4.69, 9.17) is 21.1 Å². The van der Waals surface area contributed by atoms with Gasteiger partial charge in [-0.25, -0.2) is 4.79 Å². The zero-order chi connectivity index (χ0) is 33.2. The maximum absolute atomic E-state index is 13.7. The Bertz CT molecular complexity index is 1680. The molecule has 2 saturated heterocycles. The van der Waals surface area contributed by atoms with Crippen molar-refractivity contribution < 1.29 is 34.1 Å². The maximum atomic E-state index is 13.7. The standard InChI is InChI=1S/C37H39ClN2O7/c1-22-28(34(37(44)45)40-33(22)31(23(2)41)36(40)43)19-39-16-15-26(18-39)17-29(42)27-13-14-30(46-20-24-9-5-3-6-10-24)35(32(27)38)47-21-25-11-7-4-8-12-25/h3-14,22-23,26,31,33,41H,15-21H2,1-2H3,(H,44,45)/t22-,23+,26-,31+,33+/m0/s1. The molecule has 0 aliphatic carbocycles. The number of carboxylic acid groups (broad SMARTS) is 1. The van der Waals surface area contributed by atoms with Crippen LogP contribution in [0.2, 0.25) is 5.02 Å². The Kier molecular flexibility index (Phi) is 9.68. The minimum Gasteiger partial charge on any atom is -0.485 e. The number of ketones is 1. The van der Waals surface area contributed by atoms with Crippen molar-refractivity contribution in [2.75, 3.05) is 19.6 Å². The largest absolute Gasteiger partial charge is 0.485 e. The molecule has 1 amide bonds. The first-order valence-electron chi connectivity index (χ1n) is 16.0. The van der Waals surface area contributed by atoms with E-state index in [-0.39, 0.29) is 53.3 Å². The lowest BCUT2D eigenvalue weighted by Crippen LogP contribution is -2.63. The number of aliphatic carboxylic acids is 1. The molecule has 9 nitrogen and oxygen atoms in total. The van der Waals surface area contributed by atoms with Gasteiger partial charge >= 0.3 is 5.97 Å². The molecule has 0 radical (unpaired) electrons. The fourth-order valence-electron chi connectivity index (χ4n) is 7.16. The van der Waals surface area contributed by atoms with Gasteiger partial charge in [0.15, 0.2) is 17.3 Å². The van der Waals surface area contributed by atoms with Crippen molar-refractivity contribution in [1.29, 1.82) is 0 Å². The van der Waals surface area contributed by atoms with Gasteiger partial charge in [-0.1, -0.05) is 79.2 Å². The lowest BCUT2D eigenvalue weighted by atomic mass is 9.77. The number of likely N-dealkylation sites (tertiary alicyclic amines) is 1. The van der Waals surface area contributed by atoms with Crippen LogP contribution in [0.25, 0.3) is 0 Å². The fourth-order valence-corrected chi connectivity index (χ4v) is 7.47. The van der Waals surface area contributed by atoms with Crippen molar-refractivity contribution in [3.63, 3.8) is 0 Å². The van der Waals surface area contributed by atoms with Crippen LogP contribution in [0.15, 0.2) is 84.1 Å². The van der Waals surface area contributed by atoms with Gasteiger partial charge in [-0.2, -0.15) is 0 Å². The van der Waals surface area contributed by atoms with Gasteiger partial charge in [0.1, 0.15) is 18.9 Å². The van der Waals surface area contributed by atoms with Crippen LogP contribution >= 0.6 is 11.6 Å². The molecule has 5 atom stereocenters. The van der Waals surface area contributed by atoms with Crippen LogP contribution in [0.5, 0.6) is 11.5 Å². The summed E-state index contributed by atoms with van der Waals surface area (Å²) in [6.07, 6.45) is 0.199. The molecule has 3 aliphatic rings. The lowest BCUT2D eigenvalue weighted by molar-refractivity contribution is -0.163. The highest BCUT2D eigenvalue weighted by Crippen LogP contribution is 2.47. The molecule has 3 heterocycles. The molecule has 3 aromatic carbocycles. The summed E-state index contributed by atoms with van der Waals surface area (Å²) in [6, 6.07) is 22.5. The second-order valence-electron chi connectivity index (χ2n) is 12.8. The molecule has 2 N–H and O–H groups in total. The van der Waals surface area contributed by atoms with E-state index < -0.39 is 18.0 Å². The van der Waals surface area contributed by atoms with Crippen LogP contribution in [-0.4, -0.2) is 69.5 Å². The van der Waals surface area contributed by atoms with E-state index in [1.807, 2.05) is 67.6 Å². The number of hydrogen-bond donors (Lipinski definition) is 2. The quantitative estimate of drug-likeness (QED) is 0.180. The lowest BCUT2D eigenvalue weighted by Gasteiger charge is -2.46. The molecule has 10 heteroatoms. The number of carboxylic acids is 1. The number of nitrogens with zero attached hydrogens (tertiary/aromatic N) is 2. The van der Waals surface area contributed by atoms with Crippen LogP contribution in [0.3, 0.4) is 0 Å². The first kappa shape index (κ1) is 32.7. The molecule has 246 valence electrons. The van der Waals surface area contributed by atoms with Gasteiger partial charge in [-0.3, -0.25) is 14.5 Å². The molecule has 6 rings (SSSR count). The van der Waals surface area contributed by atoms with Crippen LogP contribution in [0, 0.1) is 17.8 Å². The summed E-state index contributed by atoms with van der Waals surface area (Å²) in [5, 5.41) is 20.3. The van der Waals surface area contributed by atoms with Gasteiger partial charge in [-0.15, -0.1) is 0 Å². The van der Waals surface area contributed by atoms with Gasteiger partial charge in [0, 0.05) is 31.0 Å². The molecule has 0 aromatic heterocycles. The van der Waals surface area contributed by atoms with E-state index in [1.165, 1.54) is 4.90 Å². The summed E-state index contributed by atoms with van der Waals surface area (Å²) >= 11 is 6.88. The molecule has 0 saturated carbocycles. The number of benzene rings is 3. The Morgan fingerprint density at radius 2 is 1.62 bits per heavy atom. The van der Waals surface area contributed by atoms with E-state index in [0.717, 1.165) is 17.5 Å². The third-order valence-corrected chi connectivity index (χ3v) is 9.96. The summed E-state index contributed by atoms with van der Waals surface area (Å²) in [4.78, 5) is 42.1. The van der Waals surface area contributed by atoms with Crippen molar-refractivity contribution in [3.8, 4) is 11.5 Å². The number of carbonyl (C=O) groups is 3. The summed E-state index contributed by atoms with van der Waals surface area (Å²) in [5.41, 5.74) is 3.04. The predicted octanol–water partition coefficient (Wildman–Crippen LogP) is 5.59. The molecule has 0 bridgehead atoms. The highest BCUT2D eigenvalue weighted by molar-refractivity contribution is 6.35. The van der Waals surface area contributed by atoms with E-state index in [1.54, 1.807) is 19.1 Å². The summed E-state index contributed by atoms with van der Waals surface area (Å²) < 4.78 is 12.3. The normalized spacial score (nSPS) is 23.0. The molecular weight excluding hydrogens is 620 g/mol. The van der Waals surface area contributed by atoms with Crippen LogP contribution in [-0.2, 0) is 22.8 Å². The Labute approximate surface area is 279 Å². The Morgan fingerprint density at radius 1 is 0.979 bits per heavy atom. The molecular formula is C37H39ClN2O7. The molecule has 3 aliphatic heterocycles. The van der Waals surface area contributed by atoms with Crippen LogP contribution in [0.4, 0.5) is 0 Å². The van der Waals surface area contributed by atoms with Crippen LogP contribution < -0.4 is 9.47 Å². The second-order valence-corrected chi connectivity index (χ2v) is 13.1. The molecule has 2 fully saturated rings. The van der Waals surface area contributed by atoms with Crippen molar-refractivity contribution in [1.82, 2.24) is 9.80 Å². The van der Waals surface area contributed by atoms with E-state index >= 15 is 0 Å². The van der Waals surface area contributed by atoms with Crippen LogP contribution in [0.1, 0.15) is 48.2 Å². The number of carbonyl (C=O) groups excluding carboxylic acids is 2. The first-order chi connectivity index (χ1) is 22.6. The zero-order valence-corrected chi connectivity index (χ0v) is 27.2. The second kappa shape index (κ2) is 13.9. The third-order valence-electron chi connectivity index (χ3n) is 9.58. The molecule has 0 unspecified atom stereocenters. The average Bonchev–Trinajstić information content (AvgIpc) is 3.59. The number of Topliss-reactive ketones (excluding diaryl/α,β-unsaturated/α-hetero) is 1. The summed E-state index contributed by atoms with van der Waals surface area (Å²) in [7, 11) is 0. The van der Waals surface area contributed by atoms with Crippen molar-refractivity contribution in [2.45, 2.75) is 52.0 Å². The number of ether oxygens (including phenoxy) is 2. The Hall–Kier alpha value is -4.18. The maximum Gasteiger partial charge on any atom is 0.352 e. The van der Waals surface area contributed by atoms with Gasteiger partial charge in [0.05, 0.1) is 23.1 Å². The number of aliphatic hydroxyl groups is 1. The minimum atomic E-state index is -1.13. The minimum absolute atomic E-state index is 0.0355. The van der Waals surface area contributed by atoms with E-state index in [0.29, 0.717) is 48.9 Å². The van der Waals surface area contributed by atoms with Gasteiger partial charge in [0.25, 0.3) is 0 Å². The molecule has 47 heavy (non-hydrogen) atoms. The third kappa shape index (κ3) is 6.66. The highest BCUT2D eigenvalue weighted by Gasteiger charge is 2.59. The Balaban J connectivity index is 1.14. The number of hydrogen-bond acceptors (Lipinski definition) is 7. The van der Waals surface area contributed by atoms with E-state index in [9.17, 15) is 24.6 Å². The number of halogens is 1. The number of β-lactam (4-membered cyclic amide) rings is 1. The molecule has 0 spiro atoms. The number of aliphatic hydroxyl groups excluding tert-OH is 1. The Morgan fingerprint density at radius 3 is 2.23 bits per heavy atom. The monoisotopic (exact) mass is 658 g/mol. The van der Waals surface area contributed by atoms with Crippen molar-refractivity contribution >= 4 is 29.3 Å². The topological polar surface area (TPSA) is 117 Å². The van der Waals surface area contributed by atoms with Gasteiger partial charge in [0.2, 0.25) is 5.91 Å². The number of amides is 1. The van der Waals surface area contributed by atoms with Crippen molar-refractivity contribution in [3.05, 3.63) is 106 Å². The zero-order valence-electron chi connectivity index (χ0n) is 26.5.